The second-order valence-electron chi connectivity index (χ2n) is 4.78. The van der Waals surface area contributed by atoms with Gasteiger partial charge in [-0.1, -0.05) is 31.2 Å². The number of rotatable bonds is 4. The molecular formula is C16H17F3N2. The van der Waals surface area contributed by atoms with Gasteiger partial charge < -0.3 is 5.32 Å². The smallest absolute Gasteiger partial charge is 0.305 e. The van der Waals surface area contributed by atoms with Gasteiger partial charge in [0, 0.05) is 6.20 Å². The van der Waals surface area contributed by atoms with E-state index in [0.717, 1.165) is 11.6 Å². The number of benzene rings is 1. The van der Waals surface area contributed by atoms with Crippen LogP contribution in [0.4, 0.5) is 13.2 Å². The van der Waals surface area contributed by atoms with Crippen LogP contribution in [0.3, 0.4) is 0 Å². The summed E-state index contributed by atoms with van der Waals surface area (Å²) >= 11 is 0. The number of aromatic nitrogens is 1. The minimum atomic E-state index is -4.38. The van der Waals surface area contributed by atoms with Gasteiger partial charge in [-0.05, 0) is 36.7 Å². The Kier molecular flexibility index (Phi) is 4.63. The van der Waals surface area contributed by atoms with Crippen molar-refractivity contribution in [3.05, 3.63) is 65.0 Å². The minimum absolute atomic E-state index is 0.202. The molecule has 1 atom stereocenters. The van der Waals surface area contributed by atoms with Crippen molar-refractivity contribution in [2.75, 3.05) is 6.54 Å². The quantitative estimate of drug-likeness (QED) is 0.918. The largest absolute Gasteiger partial charge is 0.416 e. The highest BCUT2D eigenvalue weighted by atomic mass is 19.4. The van der Waals surface area contributed by atoms with Gasteiger partial charge in [-0.3, -0.25) is 4.98 Å². The summed E-state index contributed by atoms with van der Waals surface area (Å²) in [5.41, 5.74) is 1.06. The van der Waals surface area contributed by atoms with E-state index in [-0.39, 0.29) is 5.56 Å². The standard InChI is InChI=1S/C16H17F3N2/c1-3-20-15(14-11(2)7-6-10-21-14)12-8-4-5-9-13(12)16(17,18)19/h4-10,15,20H,3H2,1-2H3. The van der Waals surface area contributed by atoms with E-state index in [2.05, 4.69) is 10.3 Å². The molecule has 2 rings (SSSR count). The maximum Gasteiger partial charge on any atom is 0.416 e. The maximum absolute atomic E-state index is 13.2. The average molecular weight is 294 g/mol. The van der Waals surface area contributed by atoms with Gasteiger partial charge in [0.2, 0.25) is 0 Å². The molecule has 0 aliphatic heterocycles. The number of hydrogen-bond acceptors (Lipinski definition) is 2. The highest BCUT2D eigenvalue weighted by Gasteiger charge is 2.35. The molecule has 1 unspecified atom stereocenters. The summed E-state index contributed by atoms with van der Waals surface area (Å²) in [4.78, 5) is 4.27. The monoisotopic (exact) mass is 294 g/mol. The first-order valence-electron chi connectivity index (χ1n) is 6.76. The SMILES string of the molecule is CCNC(c1ccccc1C(F)(F)F)c1ncccc1C. The molecule has 2 aromatic rings. The van der Waals surface area contributed by atoms with Crippen molar-refractivity contribution in [2.24, 2.45) is 0 Å². The molecule has 1 heterocycles. The normalized spacial score (nSPS) is 13.2. The molecule has 0 radical (unpaired) electrons. The van der Waals surface area contributed by atoms with Crippen LogP contribution in [0.2, 0.25) is 0 Å². The van der Waals surface area contributed by atoms with E-state index in [9.17, 15) is 13.2 Å². The Bertz CT molecular complexity index is 608. The third kappa shape index (κ3) is 3.42. The molecular weight excluding hydrogens is 277 g/mol. The Labute approximate surface area is 122 Å². The van der Waals surface area contributed by atoms with Crippen LogP contribution >= 0.6 is 0 Å². The van der Waals surface area contributed by atoms with Crippen LogP contribution in [0.25, 0.3) is 0 Å². The van der Waals surface area contributed by atoms with Crippen molar-refractivity contribution in [1.82, 2.24) is 10.3 Å². The Morgan fingerprint density at radius 1 is 1.14 bits per heavy atom. The Morgan fingerprint density at radius 3 is 2.48 bits per heavy atom. The number of halogens is 3. The van der Waals surface area contributed by atoms with Crippen LogP contribution < -0.4 is 5.32 Å². The maximum atomic E-state index is 13.2. The van der Waals surface area contributed by atoms with E-state index in [4.69, 9.17) is 0 Å². The lowest BCUT2D eigenvalue weighted by Gasteiger charge is -2.23. The molecule has 1 aromatic heterocycles. The molecule has 21 heavy (non-hydrogen) atoms. The molecule has 1 aromatic carbocycles. The molecule has 0 aliphatic carbocycles. The Balaban J connectivity index is 2.57. The summed E-state index contributed by atoms with van der Waals surface area (Å²) in [5, 5.41) is 3.11. The predicted octanol–water partition coefficient (Wildman–Crippen LogP) is 4.11. The number of hydrogen-bond donors (Lipinski definition) is 1. The third-order valence-electron chi connectivity index (χ3n) is 3.31. The van der Waals surface area contributed by atoms with Crippen molar-refractivity contribution in [1.29, 1.82) is 0 Å². The van der Waals surface area contributed by atoms with Gasteiger partial charge in [0.25, 0.3) is 0 Å². The second-order valence-corrected chi connectivity index (χ2v) is 4.78. The fourth-order valence-electron chi connectivity index (χ4n) is 2.37. The van der Waals surface area contributed by atoms with Gasteiger partial charge in [-0.15, -0.1) is 0 Å². The van der Waals surface area contributed by atoms with Gasteiger partial charge in [-0.2, -0.15) is 13.2 Å². The number of pyridine rings is 1. The predicted molar refractivity (Wildman–Crippen MR) is 75.9 cm³/mol. The van der Waals surface area contributed by atoms with Crippen molar-refractivity contribution >= 4 is 0 Å². The summed E-state index contributed by atoms with van der Waals surface area (Å²) in [6.07, 6.45) is -2.78. The molecule has 2 nitrogen and oxygen atoms in total. The first kappa shape index (κ1) is 15.5. The van der Waals surface area contributed by atoms with E-state index in [1.807, 2.05) is 19.9 Å². The van der Waals surface area contributed by atoms with Crippen molar-refractivity contribution in [2.45, 2.75) is 26.1 Å². The summed E-state index contributed by atoms with van der Waals surface area (Å²) in [7, 11) is 0. The fraction of sp³-hybridized carbons (Fsp3) is 0.312. The molecule has 0 spiro atoms. The molecule has 5 heteroatoms. The zero-order valence-corrected chi connectivity index (χ0v) is 11.9. The first-order chi connectivity index (χ1) is 9.95. The summed E-state index contributed by atoms with van der Waals surface area (Å²) in [6, 6.07) is 8.69. The van der Waals surface area contributed by atoms with Crippen LogP contribution in [-0.2, 0) is 6.18 Å². The van der Waals surface area contributed by atoms with E-state index in [0.29, 0.717) is 12.2 Å². The van der Waals surface area contributed by atoms with Crippen molar-refractivity contribution in [3.8, 4) is 0 Å². The van der Waals surface area contributed by atoms with Crippen LogP contribution in [0.1, 0.15) is 35.3 Å². The number of nitrogens with one attached hydrogen (secondary N) is 1. The van der Waals surface area contributed by atoms with Crippen LogP contribution in [-0.4, -0.2) is 11.5 Å². The summed E-state index contributed by atoms with van der Waals surface area (Å²) < 4.78 is 39.7. The van der Waals surface area contributed by atoms with Gasteiger partial charge in [0.05, 0.1) is 17.3 Å². The van der Waals surface area contributed by atoms with Gasteiger partial charge >= 0.3 is 6.18 Å². The lowest BCUT2D eigenvalue weighted by atomic mass is 9.95. The zero-order chi connectivity index (χ0) is 15.5. The summed E-state index contributed by atoms with van der Waals surface area (Å²) in [6.45, 7) is 4.26. The van der Waals surface area contributed by atoms with Crippen LogP contribution in [0.5, 0.6) is 0 Å². The average Bonchev–Trinajstić information content (AvgIpc) is 2.45. The summed E-state index contributed by atoms with van der Waals surface area (Å²) in [5.74, 6) is 0. The van der Waals surface area contributed by atoms with E-state index >= 15 is 0 Å². The molecule has 0 bridgehead atoms. The highest BCUT2D eigenvalue weighted by Crippen LogP contribution is 2.36. The molecule has 0 fully saturated rings. The minimum Gasteiger partial charge on any atom is -0.305 e. The van der Waals surface area contributed by atoms with Crippen LogP contribution in [0, 0.1) is 6.92 Å². The first-order valence-corrected chi connectivity index (χ1v) is 6.76. The van der Waals surface area contributed by atoms with Crippen molar-refractivity contribution < 1.29 is 13.2 Å². The lowest BCUT2D eigenvalue weighted by molar-refractivity contribution is -0.138. The highest BCUT2D eigenvalue weighted by molar-refractivity contribution is 5.39. The number of aryl methyl sites for hydroxylation is 1. The van der Waals surface area contributed by atoms with Crippen molar-refractivity contribution in [3.63, 3.8) is 0 Å². The topological polar surface area (TPSA) is 24.9 Å². The second kappa shape index (κ2) is 6.26. The molecule has 112 valence electrons. The number of nitrogens with zero attached hydrogens (tertiary/aromatic N) is 1. The molecule has 0 saturated heterocycles. The van der Waals surface area contributed by atoms with E-state index < -0.39 is 17.8 Å². The molecule has 0 aliphatic rings. The molecule has 0 saturated carbocycles. The van der Waals surface area contributed by atoms with Gasteiger partial charge in [-0.25, -0.2) is 0 Å². The lowest BCUT2D eigenvalue weighted by Crippen LogP contribution is -2.26. The van der Waals surface area contributed by atoms with Crippen LogP contribution in [0.15, 0.2) is 42.6 Å². The van der Waals surface area contributed by atoms with E-state index in [1.54, 1.807) is 18.3 Å². The van der Waals surface area contributed by atoms with Gasteiger partial charge in [0.1, 0.15) is 0 Å². The Hall–Kier alpha value is -1.88. The van der Waals surface area contributed by atoms with E-state index in [1.165, 1.54) is 12.1 Å². The zero-order valence-electron chi connectivity index (χ0n) is 11.9. The van der Waals surface area contributed by atoms with Gasteiger partial charge in [0.15, 0.2) is 0 Å². The Morgan fingerprint density at radius 2 is 1.86 bits per heavy atom. The molecule has 0 amide bonds. The number of alkyl halides is 3. The molecule has 1 N–H and O–H groups in total. The third-order valence-corrected chi connectivity index (χ3v) is 3.31. The fourth-order valence-corrected chi connectivity index (χ4v) is 2.37.